The first-order valence-corrected chi connectivity index (χ1v) is 10.5. The average Bonchev–Trinajstić information content (AvgIpc) is 2.76. The molecule has 3 aromatic rings. The van der Waals surface area contributed by atoms with Crippen molar-refractivity contribution in [3.8, 4) is 5.75 Å². The minimum Gasteiger partial charge on any atom is -0.495 e. The fraction of sp³-hybridized carbons (Fsp3) is 0.174. The van der Waals surface area contributed by atoms with Gasteiger partial charge in [-0.3, -0.25) is 4.79 Å². The van der Waals surface area contributed by atoms with Crippen LogP contribution in [0.2, 0.25) is 5.02 Å². The molecule has 0 radical (unpaired) electrons. The number of benzene rings is 2. The molecule has 1 heterocycles. The second-order valence-electron chi connectivity index (χ2n) is 7.16. The van der Waals surface area contributed by atoms with E-state index in [-0.39, 0.29) is 5.03 Å². The Morgan fingerprint density at radius 3 is 2.56 bits per heavy atom. The number of amides is 1. The van der Waals surface area contributed by atoms with Gasteiger partial charge in [-0.25, -0.2) is 4.98 Å². The second kappa shape index (κ2) is 10.3. The van der Waals surface area contributed by atoms with Crippen molar-refractivity contribution >= 4 is 57.9 Å². The third-order valence-electron chi connectivity index (χ3n) is 4.53. The summed E-state index contributed by atoms with van der Waals surface area (Å²) < 4.78 is 5.40. The number of rotatable bonds is 8. The molecule has 0 aliphatic rings. The summed E-state index contributed by atoms with van der Waals surface area (Å²) in [4.78, 5) is 20.6. The summed E-state index contributed by atoms with van der Waals surface area (Å²) in [6.45, 7) is 7.65. The molecule has 0 spiro atoms. The maximum atomic E-state index is 11.8. The summed E-state index contributed by atoms with van der Waals surface area (Å²) >= 11 is 12.0. The van der Waals surface area contributed by atoms with Crippen LogP contribution in [-0.4, -0.2) is 23.0 Å². The predicted octanol–water partition coefficient (Wildman–Crippen LogP) is 6.44. The zero-order chi connectivity index (χ0) is 23.3. The molecule has 32 heavy (non-hydrogen) atoms. The Labute approximate surface area is 196 Å². The molecule has 1 aromatic heterocycles. The third kappa shape index (κ3) is 5.69. The molecule has 1 amide bonds. The number of hydrogen-bond donors (Lipinski definition) is 3. The van der Waals surface area contributed by atoms with E-state index in [0.29, 0.717) is 39.8 Å². The van der Waals surface area contributed by atoms with Crippen molar-refractivity contribution in [2.75, 3.05) is 23.1 Å². The summed E-state index contributed by atoms with van der Waals surface area (Å²) in [5.74, 6) is 1.11. The normalized spacial score (nSPS) is 10.6. The van der Waals surface area contributed by atoms with Gasteiger partial charge in [-0.05, 0) is 35.7 Å². The lowest BCUT2D eigenvalue weighted by molar-refractivity contribution is -0.112. The molecule has 0 unspecified atom stereocenters. The van der Waals surface area contributed by atoms with E-state index in [0.717, 1.165) is 11.3 Å². The van der Waals surface area contributed by atoms with Gasteiger partial charge in [-0.15, -0.1) is 0 Å². The fourth-order valence-corrected chi connectivity index (χ4v) is 3.15. The number of nitrogens with one attached hydrogen (secondary N) is 3. The van der Waals surface area contributed by atoms with E-state index >= 15 is 0 Å². The minimum atomic E-state index is -0.499. The Morgan fingerprint density at radius 1 is 1.12 bits per heavy atom. The number of halogens is 2. The highest BCUT2D eigenvalue weighted by molar-refractivity contribution is 6.43. The molecule has 0 saturated carbocycles. The fourth-order valence-electron chi connectivity index (χ4n) is 2.96. The van der Waals surface area contributed by atoms with E-state index in [1.807, 2.05) is 18.2 Å². The van der Waals surface area contributed by atoms with Crippen molar-refractivity contribution in [2.24, 2.45) is 0 Å². The van der Waals surface area contributed by atoms with E-state index in [4.69, 9.17) is 27.9 Å². The topological polar surface area (TPSA) is 88.2 Å². The molecule has 0 aliphatic heterocycles. The molecule has 0 saturated heterocycles. The van der Waals surface area contributed by atoms with Crippen LogP contribution in [0.15, 0.2) is 60.3 Å². The van der Waals surface area contributed by atoms with Crippen LogP contribution in [0, 0.1) is 0 Å². The van der Waals surface area contributed by atoms with E-state index in [1.54, 1.807) is 18.2 Å². The molecule has 2 aromatic carbocycles. The lowest BCUT2D eigenvalue weighted by Gasteiger charge is -2.16. The molecule has 3 rings (SSSR count). The Hall–Kier alpha value is -3.29. The molecule has 0 aliphatic carbocycles. The first-order valence-electron chi connectivity index (χ1n) is 9.77. The Balaban J connectivity index is 1.89. The Morgan fingerprint density at radius 2 is 1.88 bits per heavy atom. The van der Waals surface area contributed by atoms with Crippen LogP contribution < -0.4 is 20.7 Å². The molecular formula is C23H23Cl2N5O2. The summed E-state index contributed by atoms with van der Waals surface area (Å²) in [5.41, 5.74) is 3.10. The van der Waals surface area contributed by atoms with Crippen molar-refractivity contribution in [1.29, 1.82) is 0 Å². The molecule has 0 atom stereocenters. The Bertz CT molecular complexity index is 1150. The summed E-state index contributed by atoms with van der Waals surface area (Å²) in [5, 5.41) is 9.30. The Kier molecular flexibility index (Phi) is 7.56. The molecule has 3 N–H and O–H groups in total. The van der Waals surface area contributed by atoms with Crippen molar-refractivity contribution < 1.29 is 9.53 Å². The first kappa shape index (κ1) is 23.4. The number of aromatic nitrogens is 2. The second-order valence-corrected chi connectivity index (χ2v) is 8.02. The number of hydrogen-bond acceptors (Lipinski definition) is 6. The van der Waals surface area contributed by atoms with Gasteiger partial charge in [0, 0.05) is 11.4 Å². The van der Waals surface area contributed by atoms with Crippen LogP contribution in [0.4, 0.5) is 28.8 Å². The third-order valence-corrected chi connectivity index (χ3v) is 4.98. The van der Waals surface area contributed by atoms with Gasteiger partial charge < -0.3 is 20.7 Å². The number of nitrogens with zero attached hydrogens (tertiary/aromatic N) is 2. The SMILES string of the molecule is C=C(Cl)C(=O)Nc1ccc(OC)c(Nc2ncc(Cl)c(Nc3ccccc3C(C)C)n2)c1. The van der Waals surface area contributed by atoms with Gasteiger partial charge in [0.05, 0.1) is 24.0 Å². The smallest absolute Gasteiger partial charge is 0.266 e. The molecule has 166 valence electrons. The highest BCUT2D eigenvalue weighted by Gasteiger charge is 2.13. The summed E-state index contributed by atoms with van der Waals surface area (Å²) in [6.07, 6.45) is 1.51. The maximum Gasteiger partial charge on any atom is 0.266 e. The van der Waals surface area contributed by atoms with Gasteiger partial charge >= 0.3 is 0 Å². The quantitative estimate of drug-likeness (QED) is 0.327. The van der Waals surface area contributed by atoms with Crippen LogP contribution in [0.5, 0.6) is 5.75 Å². The number of ether oxygens (including phenoxy) is 1. The summed E-state index contributed by atoms with van der Waals surface area (Å²) in [7, 11) is 1.54. The number of anilines is 5. The van der Waals surface area contributed by atoms with Crippen molar-refractivity contribution in [3.63, 3.8) is 0 Å². The lowest BCUT2D eigenvalue weighted by Crippen LogP contribution is -2.11. The van der Waals surface area contributed by atoms with Crippen LogP contribution in [0.25, 0.3) is 0 Å². The average molecular weight is 472 g/mol. The molecule has 7 nitrogen and oxygen atoms in total. The number of carbonyl (C=O) groups is 1. The van der Waals surface area contributed by atoms with E-state index < -0.39 is 5.91 Å². The van der Waals surface area contributed by atoms with E-state index in [2.05, 4.69) is 52.4 Å². The van der Waals surface area contributed by atoms with Gasteiger partial charge in [0.25, 0.3) is 5.91 Å². The van der Waals surface area contributed by atoms with Gasteiger partial charge in [0.1, 0.15) is 10.8 Å². The molecule has 0 bridgehead atoms. The molecular weight excluding hydrogens is 449 g/mol. The largest absolute Gasteiger partial charge is 0.495 e. The highest BCUT2D eigenvalue weighted by Crippen LogP contribution is 2.32. The van der Waals surface area contributed by atoms with E-state index in [1.165, 1.54) is 13.3 Å². The zero-order valence-electron chi connectivity index (χ0n) is 17.9. The van der Waals surface area contributed by atoms with Crippen molar-refractivity contribution in [2.45, 2.75) is 19.8 Å². The summed E-state index contributed by atoms with van der Waals surface area (Å²) in [6, 6.07) is 13.0. The van der Waals surface area contributed by atoms with Crippen LogP contribution in [-0.2, 0) is 4.79 Å². The monoisotopic (exact) mass is 471 g/mol. The van der Waals surface area contributed by atoms with Gasteiger partial charge in [0.15, 0.2) is 5.82 Å². The van der Waals surface area contributed by atoms with Crippen molar-refractivity contribution in [3.05, 3.63) is 70.9 Å². The van der Waals surface area contributed by atoms with Crippen LogP contribution in [0.3, 0.4) is 0 Å². The predicted molar refractivity (Wildman–Crippen MR) is 131 cm³/mol. The molecule has 0 fully saturated rings. The van der Waals surface area contributed by atoms with Crippen molar-refractivity contribution in [1.82, 2.24) is 9.97 Å². The first-order chi connectivity index (χ1) is 15.3. The van der Waals surface area contributed by atoms with Crippen LogP contribution in [0.1, 0.15) is 25.3 Å². The van der Waals surface area contributed by atoms with Gasteiger partial charge in [-0.1, -0.05) is 61.8 Å². The van der Waals surface area contributed by atoms with Crippen LogP contribution >= 0.6 is 23.2 Å². The number of para-hydroxylation sites is 1. The van der Waals surface area contributed by atoms with Gasteiger partial charge in [-0.2, -0.15) is 4.98 Å². The number of carbonyl (C=O) groups excluding carboxylic acids is 1. The van der Waals surface area contributed by atoms with E-state index in [9.17, 15) is 4.79 Å². The zero-order valence-corrected chi connectivity index (χ0v) is 19.4. The van der Waals surface area contributed by atoms with Gasteiger partial charge in [0.2, 0.25) is 5.95 Å². The standard InChI is InChI=1S/C23H23Cl2N5O2/c1-13(2)16-7-5-6-8-18(16)28-21-17(25)12-26-23(30-21)29-19-11-15(9-10-20(19)32-4)27-22(31)14(3)24/h5-13H,3H2,1-2,4H3,(H,27,31)(H2,26,28,29,30). The lowest BCUT2D eigenvalue weighted by atomic mass is 10.0. The molecule has 9 heteroatoms. The number of methoxy groups -OCH3 is 1. The highest BCUT2D eigenvalue weighted by atomic mass is 35.5. The minimum absolute atomic E-state index is 0.117. The maximum absolute atomic E-state index is 11.8.